The SMILES string of the molecule is Cn1c(CN)nnc1SCc1ccccc1[N+](=O)[O-]. The van der Waals surface area contributed by atoms with Crippen LogP contribution in [0, 0.1) is 10.1 Å². The van der Waals surface area contributed by atoms with Crippen LogP contribution in [0.25, 0.3) is 0 Å². The van der Waals surface area contributed by atoms with Crippen LogP contribution in [0.1, 0.15) is 11.4 Å². The van der Waals surface area contributed by atoms with E-state index < -0.39 is 0 Å². The van der Waals surface area contributed by atoms with Gasteiger partial charge >= 0.3 is 0 Å². The number of rotatable bonds is 5. The summed E-state index contributed by atoms with van der Waals surface area (Å²) >= 11 is 1.40. The Bertz CT molecular complexity index is 599. The third-order valence-corrected chi connectivity index (χ3v) is 3.72. The van der Waals surface area contributed by atoms with Crippen LogP contribution < -0.4 is 5.73 Å². The van der Waals surface area contributed by atoms with Gasteiger partial charge in [0.25, 0.3) is 5.69 Å². The van der Waals surface area contributed by atoms with E-state index in [1.165, 1.54) is 17.8 Å². The second-order valence-electron chi connectivity index (χ2n) is 3.84. The fourth-order valence-electron chi connectivity index (χ4n) is 1.60. The first-order valence-corrected chi connectivity index (χ1v) is 6.55. The molecule has 19 heavy (non-hydrogen) atoms. The molecule has 2 rings (SSSR count). The van der Waals surface area contributed by atoms with E-state index in [1.807, 2.05) is 7.05 Å². The standard InChI is InChI=1S/C11H13N5O2S/c1-15-10(6-12)13-14-11(15)19-7-8-4-2-3-5-9(8)16(17)18/h2-5H,6-7,12H2,1H3. The minimum atomic E-state index is -0.377. The fourth-order valence-corrected chi connectivity index (χ4v) is 2.53. The van der Waals surface area contributed by atoms with Gasteiger partial charge < -0.3 is 10.3 Å². The van der Waals surface area contributed by atoms with Gasteiger partial charge in [-0.3, -0.25) is 10.1 Å². The molecule has 0 saturated carbocycles. The minimum absolute atomic E-state index is 0.121. The molecule has 0 unspecified atom stereocenters. The maximum absolute atomic E-state index is 10.9. The Kier molecular flexibility index (Phi) is 4.13. The van der Waals surface area contributed by atoms with Crippen molar-refractivity contribution < 1.29 is 4.92 Å². The van der Waals surface area contributed by atoms with Gasteiger partial charge in [0.05, 0.1) is 11.5 Å². The van der Waals surface area contributed by atoms with E-state index in [-0.39, 0.29) is 10.6 Å². The summed E-state index contributed by atoms with van der Waals surface area (Å²) in [5.74, 6) is 1.15. The van der Waals surface area contributed by atoms with Gasteiger partial charge in [-0.2, -0.15) is 0 Å². The number of nitrogens with zero attached hydrogens (tertiary/aromatic N) is 4. The predicted octanol–water partition coefficient (Wildman–Crippen LogP) is 1.47. The van der Waals surface area contributed by atoms with Gasteiger partial charge in [0, 0.05) is 24.4 Å². The van der Waals surface area contributed by atoms with E-state index in [2.05, 4.69) is 10.2 Å². The molecule has 0 aliphatic heterocycles. The summed E-state index contributed by atoms with van der Waals surface area (Å²) in [5, 5.41) is 19.5. The first kappa shape index (κ1) is 13.5. The van der Waals surface area contributed by atoms with Crippen molar-refractivity contribution in [3.05, 3.63) is 45.8 Å². The molecule has 0 saturated heterocycles. The number of nitrogens with two attached hydrogens (primary N) is 1. The number of thioether (sulfide) groups is 1. The lowest BCUT2D eigenvalue weighted by atomic mass is 10.2. The lowest BCUT2D eigenvalue weighted by Crippen LogP contribution is -2.05. The third-order valence-electron chi connectivity index (χ3n) is 2.65. The van der Waals surface area contributed by atoms with Gasteiger partial charge in [0.15, 0.2) is 5.16 Å². The molecule has 0 aliphatic rings. The van der Waals surface area contributed by atoms with E-state index in [0.29, 0.717) is 28.8 Å². The van der Waals surface area contributed by atoms with Crippen LogP contribution in [0.3, 0.4) is 0 Å². The molecule has 1 aromatic carbocycles. The number of nitro benzene ring substituents is 1. The van der Waals surface area contributed by atoms with Gasteiger partial charge in [-0.15, -0.1) is 10.2 Å². The van der Waals surface area contributed by atoms with E-state index >= 15 is 0 Å². The lowest BCUT2D eigenvalue weighted by Gasteiger charge is -2.03. The lowest BCUT2D eigenvalue weighted by molar-refractivity contribution is -0.385. The van der Waals surface area contributed by atoms with Crippen LogP contribution in [-0.4, -0.2) is 19.7 Å². The number of para-hydroxylation sites is 1. The molecule has 1 aromatic heterocycles. The fraction of sp³-hybridized carbons (Fsp3) is 0.273. The van der Waals surface area contributed by atoms with Gasteiger partial charge in [-0.05, 0) is 0 Å². The monoisotopic (exact) mass is 279 g/mol. The summed E-state index contributed by atoms with van der Waals surface area (Å²) in [4.78, 5) is 10.5. The highest BCUT2D eigenvalue weighted by Gasteiger charge is 2.14. The smallest absolute Gasteiger partial charge is 0.273 e. The van der Waals surface area contributed by atoms with E-state index in [0.717, 1.165) is 0 Å². The molecule has 0 bridgehead atoms. The number of aromatic nitrogens is 3. The number of nitro groups is 1. The van der Waals surface area contributed by atoms with Crippen molar-refractivity contribution in [1.82, 2.24) is 14.8 Å². The normalized spacial score (nSPS) is 10.6. The Labute approximate surface area is 114 Å². The zero-order valence-electron chi connectivity index (χ0n) is 10.3. The third kappa shape index (κ3) is 2.91. The highest BCUT2D eigenvalue weighted by atomic mass is 32.2. The molecule has 0 aliphatic carbocycles. The number of hydrogen-bond acceptors (Lipinski definition) is 6. The number of benzene rings is 1. The van der Waals surface area contributed by atoms with Crippen LogP contribution in [0.2, 0.25) is 0 Å². The topological polar surface area (TPSA) is 99.9 Å². The largest absolute Gasteiger partial charge is 0.324 e. The van der Waals surface area contributed by atoms with Crippen LogP contribution in [0.5, 0.6) is 0 Å². The zero-order valence-corrected chi connectivity index (χ0v) is 11.1. The van der Waals surface area contributed by atoms with Crippen LogP contribution in [-0.2, 0) is 19.3 Å². The molecule has 2 aromatic rings. The molecule has 0 fully saturated rings. The van der Waals surface area contributed by atoms with Crippen LogP contribution in [0.4, 0.5) is 5.69 Å². The van der Waals surface area contributed by atoms with Crippen molar-refractivity contribution in [2.45, 2.75) is 17.5 Å². The highest BCUT2D eigenvalue weighted by Crippen LogP contribution is 2.26. The van der Waals surface area contributed by atoms with Crippen molar-refractivity contribution >= 4 is 17.4 Å². The maximum Gasteiger partial charge on any atom is 0.273 e. The zero-order chi connectivity index (χ0) is 13.8. The van der Waals surface area contributed by atoms with E-state index in [4.69, 9.17) is 5.73 Å². The van der Waals surface area contributed by atoms with Crippen molar-refractivity contribution in [1.29, 1.82) is 0 Å². The summed E-state index contributed by atoms with van der Waals surface area (Å²) in [6.45, 7) is 0.315. The van der Waals surface area contributed by atoms with Crippen molar-refractivity contribution in [3.8, 4) is 0 Å². The van der Waals surface area contributed by atoms with E-state index in [9.17, 15) is 10.1 Å². The molecule has 0 spiro atoms. The van der Waals surface area contributed by atoms with Gasteiger partial charge in [0.1, 0.15) is 5.82 Å². The van der Waals surface area contributed by atoms with Gasteiger partial charge in [-0.1, -0.05) is 30.0 Å². The molecule has 8 heteroatoms. The van der Waals surface area contributed by atoms with Gasteiger partial charge in [0.2, 0.25) is 0 Å². The van der Waals surface area contributed by atoms with Gasteiger partial charge in [-0.25, -0.2) is 0 Å². The molecule has 7 nitrogen and oxygen atoms in total. The summed E-state index contributed by atoms with van der Waals surface area (Å²) in [7, 11) is 1.82. The minimum Gasteiger partial charge on any atom is -0.324 e. The molecule has 1 heterocycles. The van der Waals surface area contributed by atoms with Crippen molar-refractivity contribution in [3.63, 3.8) is 0 Å². The Morgan fingerprint density at radius 1 is 1.42 bits per heavy atom. The second-order valence-corrected chi connectivity index (χ2v) is 4.78. The molecular weight excluding hydrogens is 266 g/mol. The molecule has 2 N–H and O–H groups in total. The average Bonchev–Trinajstić information content (AvgIpc) is 2.77. The van der Waals surface area contributed by atoms with E-state index in [1.54, 1.807) is 22.8 Å². The molecule has 0 amide bonds. The Morgan fingerprint density at radius 2 is 2.16 bits per heavy atom. The Morgan fingerprint density at radius 3 is 2.79 bits per heavy atom. The maximum atomic E-state index is 10.9. The molecule has 0 radical (unpaired) electrons. The van der Waals surface area contributed by atoms with Crippen molar-refractivity contribution in [2.75, 3.05) is 0 Å². The van der Waals surface area contributed by atoms with Crippen molar-refractivity contribution in [2.24, 2.45) is 12.8 Å². The molecular formula is C11H13N5O2S. The molecule has 100 valence electrons. The summed E-state index contributed by atoms with van der Waals surface area (Å²) < 4.78 is 1.79. The highest BCUT2D eigenvalue weighted by molar-refractivity contribution is 7.98. The summed E-state index contributed by atoms with van der Waals surface area (Å²) in [6, 6.07) is 6.68. The predicted molar refractivity (Wildman–Crippen MR) is 71.6 cm³/mol. The summed E-state index contributed by atoms with van der Waals surface area (Å²) in [5.41, 5.74) is 6.30. The Balaban J connectivity index is 2.14. The first-order valence-electron chi connectivity index (χ1n) is 5.57. The molecule has 0 atom stereocenters. The van der Waals surface area contributed by atoms with Crippen LogP contribution in [0.15, 0.2) is 29.4 Å². The first-order chi connectivity index (χ1) is 9.13. The summed E-state index contributed by atoms with van der Waals surface area (Å²) in [6.07, 6.45) is 0. The second kappa shape index (κ2) is 5.81. The number of hydrogen-bond donors (Lipinski definition) is 1. The average molecular weight is 279 g/mol. The Hall–Kier alpha value is -1.93. The quantitative estimate of drug-likeness (QED) is 0.505. The van der Waals surface area contributed by atoms with Crippen LogP contribution >= 0.6 is 11.8 Å².